The van der Waals surface area contributed by atoms with Gasteiger partial charge in [-0.25, -0.2) is 0 Å². The normalized spacial score (nSPS) is 18.5. The van der Waals surface area contributed by atoms with Crippen LogP contribution in [0.1, 0.15) is 354 Å². The molecule has 6 N–H and O–H groups in total. The van der Waals surface area contributed by atoms with Crippen molar-refractivity contribution < 1.29 is 39.8 Å². The Hall–Kier alpha value is -1.85. The maximum absolute atomic E-state index is 13.1. The van der Waals surface area contributed by atoms with Crippen LogP contribution in [0.4, 0.5) is 0 Å². The summed E-state index contributed by atoms with van der Waals surface area (Å²) in [5, 5.41) is 54.7. The molecule has 0 saturated carbocycles. The topological polar surface area (TPSA) is 149 Å². The molecule has 7 unspecified atom stereocenters. The van der Waals surface area contributed by atoms with E-state index in [1.165, 1.54) is 289 Å². The molecule has 0 aromatic heterocycles. The van der Waals surface area contributed by atoms with Crippen molar-refractivity contribution in [2.24, 2.45) is 0 Å². The van der Waals surface area contributed by atoms with Gasteiger partial charge >= 0.3 is 0 Å². The van der Waals surface area contributed by atoms with Gasteiger partial charge in [0.05, 0.1) is 25.4 Å². The molecule has 1 saturated heterocycles. The highest BCUT2D eigenvalue weighted by Crippen LogP contribution is 2.23. The molecular weight excluding hydrogens is 1020 g/mol. The summed E-state index contributed by atoms with van der Waals surface area (Å²) >= 11 is 0. The number of amides is 1. The number of allylic oxidation sites excluding steroid dienone is 7. The zero-order valence-electron chi connectivity index (χ0n) is 54.0. The Balaban J connectivity index is 2.10. The Labute approximate surface area is 507 Å². The number of hydrogen-bond donors (Lipinski definition) is 6. The first kappa shape index (κ1) is 78.2. The summed E-state index contributed by atoms with van der Waals surface area (Å²) in [6.07, 6.45) is 78.1. The number of aliphatic hydroxyl groups is 5. The van der Waals surface area contributed by atoms with Crippen LogP contribution in [-0.2, 0) is 14.3 Å². The summed E-state index contributed by atoms with van der Waals surface area (Å²) < 4.78 is 11.3. The van der Waals surface area contributed by atoms with E-state index in [0.717, 1.165) is 44.9 Å². The van der Waals surface area contributed by atoms with Gasteiger partial charge in [0, 0.05) is 6.42 Å². The first-order valence-corrected chi connectivity index (χ1v) is 35.9. The lowest BCUT2D eigenvalue weighted by Crippen LogP contribution is -2.60. The molecule has 0 bridgehead atoms. The van der Waals surface area contributed by atoms with Gasteiger partial charge < -0.3 is 40.3 Å². The Kier molecular flexibility index (Phi) is 59.3. The lowest BCUT2D eigenvalue weighted by atomic mass is 9.99. The van der Waals surface area contributed by atoms with Gasteiger partial charge in [0.1, 0.15) is 24.4 Å². The largest absolute Gasteiger partial charge is 0.394 e. The molecule has 0 radical (unpaired) electrons. The number of nitrogens with one attached hydrogen (secondary N) is 1. The van der Waals surface area contributed by atoms with Crippen LogP contribution in [-0.4, -0.2) is 87.5 Å². The number of rotatable bonds is 63. The highest BCUT2D eigenvalue weighted by atomic mass is 16.7. The van der Waals surface area contributed by atoms with Gasteiger partial charge in [-0.15, -0.1) is 0 Å². The molecule has 9 nitrogen and oxygen atoms in total. The monoisotopic (exact) mass is 1160 g/mol. The third-order valence-corrected chi connectivity index (χ3v) is 17.1. The molecule has 482 valence electrons. The van der Waals surface area contributed by atoms with Crippen LogP contribution >= 0.6 is 0 Å². The van der Waals surface area contributed by atoms with Gasteiger partial charge in [-0.1, -0.05) is 332 Å². The van der Waals surface area contributed by atoms with Crippen LogP contribution in [0.25, 0.3) is 0 Å². The zero-order chi connectivity index (χ0) is 59.3. The van der Waals surface area contributed by atoms with Crippen molar-refractivity contribution in [3.8, 4) is 0 Å². The molecule has 1 heterocycles. The van der Waals surface area contributed by atoms with Gasteiger partial charge in [0.25, 0.3) is 0 Å². The van der Waals surface area contributed by atoms with Crippen LogP contribution in [0.3, 0.4) is 0 Å². The van der Waals surface area contributed by atoms with Gasteiger partial charge in [0.15, 0.2) is 6.29 Å². The van der Waals surface area contributed by atoms with Crippen LogP contribution < -0.4 is 5.32 Å². The number of carbonyl (C=O) groups is 1. The van der Waals surface area contributed by atoms with E-state index in [4.69, 9.17) is 9.47 Å². The Bertz CT molecular complexity index is 1430. The molecule has 0 aliphatic carbocycles. The molecule has 1 aliphatic rings. The van der Waals surface area contributed by atoms with E-state index in [1.54, 1.807) is 6.08 Å². The highest BCUT2D eigenvalue weighted by Gasteiger charge is 2.44. The number of unbranched alkanes of at least 4 members (excludes halogenated alkanes) is 47. The van der Waals surface area contributed by atoms with E-state index in [1.807, 2.05) is 6.08 Å². The Morgan fingerprint density at radius 1 is 0.415 bits per heavy atom. The van der Waals surface area contributed by atoms with Gasteiger partial charge in [-0.05, 0) is 64.2 Å². The summed E-state index contributed by atoms with van der Waals surface area (Å²) in [4.78, 5) is 13.1. The SMILES string of the molecule is CCCCCCCCCCCCCCC/C=C\C/C=C\CCCCCCCCCCCCCCCCCCCC(=O)NC(COC1OC(CO)C(O)C(O)C1O)C(O)/C=C/CC/C=C/CCCCCCCCCCCCCCCCCC. The third-order valence-electron chi connectivity index (χ3n) is 17.1. The molecule has 0 aromatic rings. The van der Waals surface area contributed by atoms with Crippen molar-refractivity contribution in [3.05, 3.63) is 48.6 Å². The fraction of sp³-hybridized carbons (Fsp3) is 0.877. The van der Waals surface area contributed by atoms with Crippen LogP contribution in [0.15, 0.2) is 48.6 Å². The molecule has 0 aromatic carbocycles. The summed E-state index contributed by atoms with van der Waals surface area (Å²) in [5.41, 5.74) is 0. The summed E-state index contributed by atoms with van der Waals surface area (Å²) in [6, 6.07) is -0.823. The molecule has 0 spiro atoms. The summed E-state index contributed by atoms with van der Waals surface area (Å²) in [6.45, 7) is 3.81. The minimum Gasteiger partial charge on any atom is -0.394 e. The van der Waals surface area contributed by atoms with E-state index in [9.17, 15) is 30.3 Å². The minimum absolute atomic E-state index is 0.181. The van der Waals surface area contributed by atoms with Gasteiger partial charge in [-0.2, -0.15) is 0 Å². The number of aliphatic hydroxyl groups excluding tert-OH is 5. The first-order valence-electron chi connectivity index (χ1n) is 35.9. The van der Waals surface area contributed by atoms with Gasteiger partial charge in [0.2, 0.25) is 5.91 Å². The molecule has 1 aliphatic heterocycles. The summed E-state index contributed by atoms with van der Waals surface area (Å²) in [7, 11) is 0. The average molecular weight is 1160 g/mol. The predicted molar refractivity (Wildman–Crippen MR) is 350 cm³/mol. The quantitative estimate of drug-likeness (QED) is 0.0261. The van der Waals surface area contributed by atoms with E-state index in [-0.39, 0.29) is 12.5 Å². The molecule has 7 atom stereocenters. The van der Waals surface area contributed by atoms with Crippen LogP contribution in [0.5, 0.6) is 0 Å². The molecule has 9 heteroatoms. The van der Waals surface area contributed by atoms with E-state index in [2.05, 4.69) is 55.6 Å². The zero-order valence-corrected chi connectivity index (χ0v) is 54.0. The number of hydrogen-bond acceptors (Lipinski definition) is 8. The van der Waals surface area contributed by atoms with Crippen LogP contribution in [0.2, 0.25) is 0 Å². The maximum Gasteiger partial charge on any atom is 0.220 e. The smallest absolute Gasteiger partial charge is 0.220 e. The van der Waals surface area contributed by atoms with Crippen molar-refractivity contribution in [2.75, 3.05) is 13.2 Å². The molecule has 1 amide bonds. The second kappa shape index (κ2) is 62.2. The van der Waals surface area contributed by atoms with Crippen molar-refractivity contribution in [1.29, 1.82) is 0 Å². The highest BCUT2D eigenvalue weighted by molar-refractivity contribution is 5.76. The van der Waals surface area contributed by atoms with Crippen molar-refractivity contribution in [3.63, 3.8) is 0 Å². The lowest BCUT2D eigenvalue weighted by Gasteiger charge is -2.40. The Morgan fingerprint density at radius 2 is 0.732 bits per heavy atom. The van der Waals surface area contributed by atoms with Gasteiger partial charge in [-0.3, -0.25) is 4.79 Å². The third kappa shape index (κ3) is 50.3. The second-order valence-corrected chi connectivity index (χ2v) is 25.0. The van der Waals surface area contributed by atoms with Crippen molar-refractivity contribution in [1.82, 2.24) is 5.32 Å². The van der Waals surface area contributed by atoms with Crippen molar-refractivity contribution >= 4 is 5.91 Å². The maximum atomic E-state index is 13.1. The average Bonchev–Trinajstić information content (AvgIpc) is 3.59. The Morgan fingerprint density at radius 3 is 1.10 bits per heavy atom. The van der Waals surface area contributed by atoms with E-state index < -0.39 is 49.5 Å². The van der Waals surface area contributed by atoms with E-state index >= 15 is 0 Å². The molecule has 1 fully saturated rings. The number of carbonyl (C=O) groups excluding carboxylic acids is 1. The van der Waals surface area contributed by atoms with Crippen LogP contribution in [0, 0.1) is 0 Å². The lowest BCUT2D eigenvalue weighted by molar-refractivity contribution is -0.302. The second-order valence-electron chi connectivity index (χ2n) is 25.0. The minimum atomic E-state index is -1.57. The molecule has 82 heavy (non-hydrogen) atoms. The fourth-order valence-corrected chi connectivity index (χ4v) is 11.5. The standard InChI is InChI=1S/C73H137NO8/c1-3-5-7-9-11-13-15-17-19-21-23-25-27-28-29-30-31-32-33-34-35-36-37-38-39-40-41-43-45-47-49-51-53-55-57-59-61-63-69(77)74-66(65-81-73-72(80)71(79)70(78)68(64-75)82-73)67(76)62-60-58-56-54-52-50-48-46-44-42-26-24-22-20-18-16-14-12-10-8-6-4-2/h29-30,32-33,52,54,60,62,66-68,70-73,75-76,78-80H,3-28,31,34-51,53,55-59,61,63-65H2,1-2H3,(H,74,77)/b30-29-,33-32-,54-52+,62-60+. The van der Waals surface area contributed by atoms with E-state index in [0.29, 0.717) is 6.42 Å². The number of ether oxygens (including phenoxy) is 2. The summed E-state index contributed by atoms with van der Waals surface area (Å²) in [5.74, 6) is -0.181. The fourth-order valence-electron chi connectivity index (χ4n) is 11.5. The first-order chi connectivity index (χ1) is 40.3. The van der Waals surface area contributed by atoms with Crippen molar-refractivity contribution in [2.45, 2.75) is 397 Å². The molecular formula is C73H137NO8. The molecule has 1 rings (SSSR count). The predicted octanol–water partition coefficient (Wildman–Crippen LogP) is 19.6.